The van der Waals surface area contributed by atoms with E-state index in [1.165, 1.54) is 0 Å². The Kier molecular flexibility index (Phi) is 2.90. The summed E-state index contributed by atoms with van der Waals surface area (Å²) in [7, 11) is 0. The first kappa shape index (κ1) is 12.7. The van der Waals surface area contributed by atoms with Gasteiger partial charge < -0.3 is 4.98 Å². The number of nitrogens with zero attached hydrogens (tertiary/aromatic N) is 2. The SMILES string of the molecule is S=c1[nH]c2cccnc2n1-c1ccc(Br)c2ccccc12. The van der Waals surface area contributed by atoms with Crippen LogP contribution in [0.15, 0.2) is 59.2 Å². The van der Waals surface area contributed by atoms with Gasteiger partial charge in [0.2, 0.25) is 0 Å². The van der Waals surface area contributed by atoms with E-state index in [4.69, 9.17) is 12.2 Å². The molecule has 0 saturated heterocycles. The molecule has 0 atom stereocenters. The molecule has 0 aliphatic carbocycles. The average molecular weight is 356 g/mol. The fourth-order valence-corrected chi connectivity index (χ4v) is 3.38. The first-order valence-corrected chi connectivity index (χ1v) is 7.69. The number of fused-ring (bicyclic) bond motifs is 2. The van der Waals surface area contributed by atoms with Crippen LogP contribution in [-0.2, 0) is 0 Å². The molecule has 0 amide bonds. The lowest BCUT2D eigenvalue weighted by atomic mass is 10.1. The fraction of sp³-hybridized carbons (Fsp3) is 0. The van der Waals surface area contributed by atoms with E-state index in [0.717, 1.165) is 32.1 Å². The minimum atomic E-state index is 0.649. The Balaban J connectivity index is 2.17. The Morgan fingerprint density at radius 2 is 1.81 bits per heavy atom. The molecule has 0 aliphatic rings. The van der Waals surface area contributed by atoms with Gasteiger partial charge in [-0.1, -0.05) is 40.2 Å². The van der Waals surface area contributed by atoms with E-state index in [-0.39, 0.29) is 0 Å². The summed E-state index contributed by atoms with van der Waals surface area (Å²) < 4.78 is 3.71. The van der Waals surface area contributed by atoms with Crippen LogP contribution >= 0.6 is 28.1 Å². The maximum atomic E-state index is 5.49. The van der Waals surface area contributed by atoms with Gasteiger partial charge in [0.25, 0.3) is 0 Å². The molecule has 0 spiro atoms. The van der Waals surface area contributed by atoms with E-state index >= 15 is 0 Å². The van der Waals surface area contributed by atoms with Crippen LogP contribution < -0.4 is 0 Å². The van der Waals surface area contributed by atoms with Gasteiger partial charge in [0.05, 0.1) is 11.2 Å². The summed E-state index contributed by atoms with van der Waals surface area (Å²) in [6, 6.07) is 16.2. The monoisotopic (exact) mass is 355 g/mol. The summed E-state index contributed by atoms with van der Waals surface area (Å²) in [5.41, 5.74) is 2.81. The molecule has 21 heavy (non-hydrogen) atoms. The van der Waals surface area contributed by atoms with Crippen LogP contribution in [0, 0.1) is 4.77 Å². The molecule has 0 unspecified atom stereocenters. The lowest BCUT2D eigenvalue weighted by molar-refractivity contribution is 1.05. The van der Waals surface area contributed by atoms with E-state index in [0.29, 0.717) is 4.77 Å². The van der Waals surface area contributed by atoms with Crippen molar-refractivity contribution in [1.82, 2.24) is 14.5 Å². The highest BCUT2D eigenvalue weighted by Gasteiger charge is 2.11. The van der Waals surface area contributed by atoms with Crippen molar-refractivity contribution in [2.24, 2.45) is 0 Å². The molecule has 4 rings (SSSR count). The van der Waals surface area contributed by atoms with Crippen molar-refractivity contribution >= 4 is 50.1 Å². The van der Waals surface area contributed by atoms with Crippen molar-refractivity contribution in [2.75, 3.05) is 0 Å². The second-order valence-corrected chi connectivity index (χ2v) is 5.99. The summed E-state index contributed by atoms with van der Waals surface area (Å²) in [5.74, 6) is 0. The van der Waals surface area contributed by atoms with Crippen LogP contribution in [0.5, 0.6) is 0 Å². The van der Waals surface area contributed by atoms with Gasteiger partial charge >= 0.3 is 0 Å². The number of imidazole rings is 1. The second-order valence-electron chi connectivity index (χ2n) is 4.75. The molecule has 2 heterocycles. The molecule has 0 bridgehead atoms. The number of nitrogens with one attached hydrogen (secondary N) is 1. The van der Waals surface area contributed by atoms with Crippen molar-refractivity contribution in [3.8, 4) is 5.69 Å². The normalized spacial score (nSPS) is 11.3. The van der Waals surface area contributed by atoms with Crippen LogP contribution in [0.2, 0.25) is 0 Å². The molecule has 2 aromatic heterocycles. The molecule has 0 saturated carbocycles. The predicted molar refractivity (Wildman–Crippen MR) is 91.5 cm³/mol. The molecular formula is C16H10BrN3S. The van der Waals surface area contributed by atoms with E-state index in [1.54, 1.807) is 6.20 Å². The van der Waals surface area contributed by atoms with Crippen molar-refractivity contribution in [3.05, 3.63) is 64.0 Å². The third-order valence-corrected chi connectivity index (χ3v) is 4.51. The van der Waals surface area contributed by atoms with E-state index in [9.17, 15) is 0 Å². The molecule has 0 fully saturated rings. The Labute approximate surface area is 134 Å². The van der Waals surface area contributed by atoms with Crippen LogP contribution in [0.1, 0.15) is 0 Å². The summed E-state index contributed by atoms with van der Waals surface area (Å²) in [5, 5.41) is 2.29. The zero-order valence-corrected chi connectivity index (χ0v) is 13.3. The van der Waals surface area contributed by atoms with Gasteiger partial charge in [0.1, 0.15) is 0 Å². The number of aromatic amines is 1. The van der Waals surface area contributed by atoms with Crippen molar-refractivity contribution in [1.29, 1.82) is 0 Å². The summed E-state index contributed by atoms with van der Waals surface area (Å²) in [6.45, 7) is 0. The Bertz CT molecular complexity index is 1030. The maximum Gasteiger partial charge on any atom is 0.184 e. The topological polar surface area (TPSA) is 33.6 Å². The Morgan fingerprint density at radius 1 is 1.00 bits per heavy atom. The van der Waals surface area contributed by atoms with Gasteiger partial charge in [-0.05, 0) is 41.9 Å². The number of aromatic nitrogens is 3. The van der Waals surface area contributed by atoms with Gasteiger partial charge in [-0.25, -0.2) is 4.98 Å². The highest BCUT2D eigenvalue weighted by Crippen LogP contribution is 2.30. The van der Waals surface area contributed by atoms with Gasteiger partial charge in [-0.15, -0.1) is 0 Å². The zero-order chi connectivity index (χ0) is 14.4. The van der Waals surface area contributed by atoms with Crippen molar-refractivity contribution in [3.63, 3.8) is 0 Å². The van der Waals surface area contributed by atoms with Gasteiger partial charge in [0, 0.05) is 16.1 Å². The van der Waals surface area contributed by atoms with E-state index < -0.39 is 0 Å². The highest BCUT2D eigenvalue weighted by molar-refractivity contribution is 9.10. The first-order chi connectivity index (χ1) is 10.3. The number of H-pyrrole nitrogens is 1. The van der Waals surface area contributed by atoms with E-state index in [1.807, 2.05) is 34.9 Å². The zero-order valence-electron chi connectivity index (χ0n) is 10.9. The first-order valence-electron chi connectivity index (χ1n) is 6.49. The number of pyridine rings is 1. The average Bonchev–Trinajstić information content (AvgIpc) is 2.84. The lowest BCUT2D eigenvalue weighted by Crippen LogP contribution is -1.97. The van der Waals surface area contributed by atoms with Crippen LogP contribution in [0.4, 0.5) is 0 Å². The third kappa shape index (κ3) is 1.92. The van der Waals surface area contributed by atoms with Crippen LogP contribution in [-0.4, -0.2) is 14.5 Å². The summed E-state index contributed by atoms with van der Waals surface area (Å²) in [4.78, 5) is 7.67. The van der Waals surface area contributed by atoms with Crippen LogP contribution in [0.25, 0.3) is 27.6 Å². The van der Waals surface area contributed by atoms with Gasteiger partial charge in [0.15, 0.2) is 10.4 Å². The molecule has 102 valence electrons. The van der Waals surface area contributed by atoms with Gasteiger partial charge in [-0.3, -0.25) is 4.57 Å². The molecule has 1 N–H and O–H groups in total. The minimum Gasteiger partial charge on any atom is -0.329 e. The number of benzene rings is 2. The second kappa shape index (κ2) is 4.79. The molecule has 4 aromatic rings. The molecule has 3 nitrogen and oxygen atoms in total. The molecule has 5 heteroatoms. The Morgan fingerprint density at radius 3 is 2.67 bits per heavy atom. The van der Waals surface area contributed by atoms with E-state index in [2.05, 4.69) is 44.1 Å². The van der Waals surface area contributed by atoms with Crippen LogP contribution in [0.3, 0.4) is 0 Å². The summed E-state index contributed by atoms with van der Waals surface area (Å²) >= 11 is 9.09. The van der Waals surface area contributed by atoms with Crippen molar-refractivity contribution < 1.29 is 0 Å². The number of halogens is 1. The minimum absolute atomic E-state index is 0.649. The maximum absolute atomic E-state index is 5.49. The lowest BCUT2D eigenvalue weighted by Gasteiger charge is -2.09. The van der Waals surface area contributed by atoms with Gasteiger partial charge in [-0.2, -0.15) is 0 Å². The third-order valence-electron chi connectivity index (χ3n) is 3.53. The molecule has 0 aliphatic heterocycles. The number of hydrogen-bond acceptors (Lipinski definition) is 2. The number of rotatable bonds is 1. The summed E-state index contributed by atoms with van der Waals surface area (Å²) in [6.07, 6.45) is 1.78. The molecule has 0 radical (unpaired) electrons. The largest absolute Gasteiger partial charge is 0.329 e. The smallest absolute Gasteiger partial charge is 0.184 e. The quantitative estimate of drug-likeness (QED) is 0.487. The molecule has 2 aromatic carbocycles. The molecular weight excluding hydrogens is 346 g/mol. The van der Waals surface area contributed by atoms with Crippen molar-refractivity contribution in [2.45, 2.75) is 0 Å². The fourth-order valence-electron chi connectivity index (χ4n) is 2.60. The standard InChI is InChI=1S/C16H10BrN3S/c17-12-7-8-14(11-5-2-1-4-10(11)12)20-15-13(19-16(20)21)6-3-9-18-15/h1-9H,(H,19,21). The number of hydrogen-bond donors (Lipinski definition) is 1. The predicted octanol–water partition coefficient (Wildman–Crippen LogP) is 5.00. The highest BCUT2D eigenvalue weighted by atomic mass is 79.9. The Hall–Kier alpha value is -1.98.